The zero-order valence-electron chi connectivity index (χ0n) is 8.03. The summed E-state index contributed by atoms with van der Waals surface area (Å²) in [5.74, 6) is 0. The van der Waals surface area contributed by atoms with Crippen molar-refractivity contribution in [3.8, 4) is 0 Å². The van der Waals surface area contributed by atoms with E-state index in [2.05, 4.69) is 10.6 Å². The summed E-state index contributed by atoms with van der Waals surface area (Å²) in [5.41, 5.74) is 0.732. The van der Waals surface area contributed by atoms with Crippen LogP contribution in [0.15, 0.2) is 30.3 Å². The number of para-hydroxylation sites is 1. The van der Waals surface area contributed by atoms with Crippen LogP contribution in [-0.4, -0.2) is 23.8 Å². The molecular weight excluding hydrogens is 180 g/mol. The molecule has 0 bridgehead atoms. The fraction of sp³-hybridized carbons (Fsp3) is 0.300. The molecule has 1 aromatic carbocycles. The van der Waals surface area contributed by atoms with Crippen molar-refractivity contribution in [1.82, 2.24) is 5.32 Å². The van der Waals surface area contributed by atoms with Crippen molar-refractivity contribution >= 4 is 11.7 Å². The Balaban J connectivity index is 2.42. The van der Waals surface area contributed by atoms with Crippen molar-refractivity contribution < 1.29 is 9.90 Å². The second-order valence-electron chi connectivity index (χ2n) is 3.05. The van der Waals surface area contributed by atoms with Crippen LogP contribution in [0, 0.1) is 0 Å². The molecule has 0 unspecified atom stereocenters. The predicted molar refractivity (Wildman–Crippen MR) is 55.1 cm³/mol. The normalized spacial score (nSPS) is 11.9. The van der Waals surface area contributed by atoms with Crippen molar-refractivity contribution in [2.75, 3.05) is 11.9 Å². The van der Waals surface area contributed by atoms with Crippen molar-refractivity contribution in [3.63, 3.8) is 0 Å². The molecule has 1 rings (SSSR count). The van der Waals surface area contributed by atoms with Crippen LogP contribution in [0.1, 0.15) is 6.92 Å². The summed E-state index contributed by atoms with van der Waals surface area (Å²) in [5, 5.41) is 13.9. The fourth-order valence-corrected chi connectivity index (χ4v) is 0.958. The highest BCUT2D eigenvalue weighted by atomic mass is 16.3. The van der Waals surface area contributed by atoms with Gasteiger partial charge in [0.05, 0.1) is 12.6 Å². The second-order valence-corrected chi connectivity index (χ2v) is 3.05. The average molecular weight is 194 g/mol. The van der Waals surface area contributed by atoms with Gasteiger partial charge in [0.1, 0.15) is 0 Å². The number of rotatable bonds is 3. The van der Waals surface area contributed by atoms with Gasteiger partial charge in [-0.05, 0) is 19.1 Å². The van der Waals surface area contributed by atoms with Crippen LogP contribution in [0.3, 0.4) is 0 Å². The lowest BCUT2D eigenvalue weighted by Gasteiger charge is -2.11. The molecule has 0 radical (unpaired) electrons. The standard InChI is InChI=1S/C10H14N2O2/c1-8(7-13)11-10(14)12-9-5-3-2-4-6-9/h2-6,8,13H,7H2,1H3,(H2,11,12,14)/t8-/m0/s1. The molecule has 3 N–H and O–H groups in total. The number of carbonyl (C=O) groups excluding carboxylic acids is 1. The third-order valence-corrected chi connectivity index (χ3v) is 1.68. The van der Waals surface area contributed by atoms with E-state index in [4.69, 9.17) is 5.11 Å². The Labute approximate surface area is 82.9 Å². The number of urea groups is 1. The summed E-state index contributed by atoms with van der Waals surface area (Å²) >= 11 is 0. The SMILES string of the molecule is C[C@@H](CO)NC(=O)Nc1ccccc1. The Bertz CT molecular complexity index is 287. The maximum atomic E-state index is 11.2. The molecule has 0 aliphatic heterocycles. The first-order chi connectivity index (χ1) is 6.72. The number of hydrogen-bond acceptors (Lipinski definition) is 2. The van der Waals surface area contributed by atoms with E-state index in [1.54, 1.807) is 19.1 Å². The van der Waals surface area contributed by atoms with E-state index in [-0.39, 0.29) is 18.7 Å². The van der Waals surface area contributed by atoms with Gasteiger partial charge in [-0.25, -0.2) is 4.79 Å². The Hall–Kier alpha value is -1.55. The minimum Gasteiger partial charge on any atom is -0.394 e. The molecule has 0 saturated heterocycles. The van der Waals surface area contributed by atoms with Crippen LogP contribution < -0.4 is 10.6 Å². The van der Waals surface area contributed by atoms with Crippen molar-refractivity contribution in [1.29, 1.82) is 0 Å². The van der Waals surface area contributed by atoms with Crippen molar-refractivity contribution in [3.05, 3.63) is 30.3 Å². The number of amides is 2. The summed E-state index contributed by atoms with van der Waals surface area (Å²) in [6.07, 6.45) is 0. The molecule has 0 aliphatic rings. The third kappa shape index (κ3) is 3.45. The van der Waals surface area contributed by atoms with E-state index in [1.807, 2.05) is 18.2 Å². The maximum Gasteiger partial charge on any atom is 0.319 e. The minimum atomic E-state index is -0.308. The first kappa shape index (κ1) is 10.5. The van der Waals surface area contributed by atoms with E-state index in [9.17, 15) is 4.79 Å². The topological polar surface area (TPSA) is 61.4 Å². The molecule has 0 spiro atoms. The highest BCUT2D eigenvalue weighted by Gasteiger charge is 2.04. The molecule has 4 nitrogen and oxygen atoms in total. The van der Waals surface area contributed by atoms with Gasteiger partial charge in [0.15, 0.2) is 0 Å². The van der Waals surface area contributed by atoms with Crippen LogP contribution in [0.2, 0.25) is 0 Å². The molecule has 1 atom stereocenters. The first-order valence-electron chi connectivity index (χ1n) is 4.46. The van der Waals surface area contributed by atoms with Gasteiger partial charge >= 0.3 is 6.03 Å². The molecule has 0 aliphatic carbocycles. The number of benzene rings is 1. The van der Waals surface area contributed by atoms with Crippen molar-refractivity contribution in [2.45, 2.75) is 13.0 Å². The largest absolute Gasteiger partial charge is 0.394 e. The lowest BCUT2D eigenvalue weighted by Crippen LogP contribution is -2.38. The van der Waals surface area contributed by atoms with Gasteiger partial charge in [-0.15, -0.1) is 0 Å². The molecule has 76 valence electrons. The lowest BCUT2D eigenvalue weighted by molar-refractivity contribution is 0.229. The van der Waals surface area contributed by atoms with Gasteiger partial charge in [-0.3, -0.25) is 0 Å². The predicted octanol–water partition coefficient (Wildman–Crippen LogP) is 1.19. The number of nitrogens with one attached hydrogen (secondary N) is 2. The minimum absolute atomic E-state index is 0.0673. The highest BCUT2D eigenvalue weighted by Crippen LogP contribution is 2.04. The highest BCUT2D eigenvalue weighted by molar-refractivity contribution is 5.89. The number of aliphatic hydroxyl groups excluding tert-OH is 1. The summed E-state index contributed by atoms with van der Waals surface area (Å²) in [7, 11) is 0. The molecular formula is C10H14N2O2. The van der Waals surface area contributed by atoms with Crippen molar-refractivity contribution in [2.24, 2.45) is 0 Å². The molecule has 0 saturated carbocycles. The van der Waals surface area contributed by atoms with Gasteiger partial charge in [0.25, 0.3) is 0 Å². The van der Waals surface area contributed by atoms with E-state index < -0.39 is 0 Å². The van der Waals surface area contributed by atoms with Gasteiger partial charge in [-0.1, -0.05) is 18.2 Å². The zero-order chi connectivity index (χ0) is 10.4. The summed E-state index contributed by atoms with van der Waals surface area (Å²) < 4.78 is 0. The van der Waals surface area contributed by atoms with Crippen LogP contribution >= 0.6 is 0 Å². The van der Waals surface area contributed by atoms with Crippen LogP contribution in [0.25, 0.3) is 0 Å². The van der Waals surface area contributed by atoms with Crippen LogP contribution in [-0.2, 0) is 0 Å². The molecule has 0 heterocycles. The second kappa shape index (κ2) is 5.24. The Morgan fingerprint density at radius 2 is 2.07 bits per heavy atom. The van der Waals surface area contributed by atoms with Crippen LogP contribution in [0.4, 0.5) is 10.5 Å². The van der Waals surface area contributed by atoms with E-state index >= 15 is 0 Å². The van der Waals surface area contributed by atoms with E-state index in [0.717, 1.165) is 5.69 Å². The zero-order valence-corrected chi connectivity index (χ0v) is 8.03. The fourth-order valence-electron chi connectivity index (χ4n) is 0.958. The quantitative estimate of drug-likeness (QED) is 0.676. The maximum absolute atomic E-state index is 11.2. The van der Waals surface area contributed by atoms with E-state index in [0.29, 0.717) is 0 Å². The number of hydrogen-bond donors (Lipinski definition) is 3. The molecule has 0 aromatic heterocycles. The van der Waals surface area contributed by atoms with E-state index in [1.165, 1.54) is 0 Å². The van der Waals surface area contributed by atoms with Crippen LogP contribution in [0.5, 0.6) is 0 Å². The first-order valence-corrected chi connectivity index (χ1v) is 4.46. The Kier molecular flexibility index (Phi) is 3.94. The number of carbonyl (C=O) groups is 1. The van der Waals surface area contributed by atoms with Gasteiger partial charge < -0.3 is 15.7 Å². The summed E-state index contributed by atoms with van der Waals surface area (Å²) in [6, 6.07) is 8.60. The molecule has 14 heavy (non-hydrogen) atoms. The number of aliphatic hydroxyl groups is 1. The van der Waals surface area contributed by atoms with Gasteiger partial charge in [0.2, 0.25) is 0 Å². The van der Waals surface area contributed by atoms with Gasteiger partial charge in [0, 0.05) is 5.69 Å². The van der Waals surface area contributed by atoms with Gasteiger partial charge in [-0.2, -0.15) is 0 Å². The smallest absolute Gasteiger partial charge is 0.319 e. The Morgan fingerprint density at radius 1 is 1.43 bits per heavy atom. The third-order valence-electron chi connectivity index (χ3n) is 1.68. The molecule has 1 aromatic rings. The summed E-state index contributed by atoms with van der Waals surface area (Å²) in [4.78, 5) is 11.2. The average Bonchev–Trinajstić information content (AvgIpc) is 2.19. The lowest BCUT2D eigenvalue weighted by atomic mass is 10.3. The summed E-state index contributed by atoms with van der Waals surface area (Å²) in [6.45, 7) is 1.66. The molecule has 2 amide bonds. The molecule has 4 heteroatoms. The Morgan fingerprint density at radius 3 is 2.64 bits per heavy atom. The number of anilines is 1. The monoisotopic (exact) mass is 194 g/mol. The molecule has 0 fully saturated rings.